The van der Waals surface area contributed by atoms with E-state index in [0.717, 1.165) is 31.8 Å². The van der Waals surface area contributed by atoms with Crippen molar-refractivity contribution in [2.75, 3.05) is 13.1 Å². The molecule has 23 heavy (non-hydrogen) atoms. The summed E-state index contributed by atoms with van der Waals surface area (Å²) in [7, 11) is 0. The zero-order valence-corrected chi connectivity index (χ0v) is 15.6. The third-order valence-electron chi connectivity index (χ3n) is 5.29. The maximum absolute atomic E-state index is 12.3. The average molecular weight is 325 g/mol. The van der Waals surface area contributed by atoms with Crippen molar-refractivity contribution in [1.82, 2.24) is 10.2 Å². The highest BCUT2D eigenvalue weighted by molar-refractivity contribution is 5.69. The normalized spacial score (nSPS) is 25.2. The Morgan fingerprint density at radius 2 is 1.78 bits per heavy atom. The predicted molar refractivity (Wildman–Crippen MR) is 94.6 cm³/mol. The topological polar surface area (TPSA) is 41.6 Å². The van der Waals surface area contributed by atoms with Gasteiger partial charge in [0, 0.05) is 25.2 Å². The fourth-order valence-electron chi connectivity index (χ4n) is 3.91. The van der Waals surface area contributed by atoms with Crippen LogP contribution in [0.2, 0.25) is 0 Å². The summed E-state index contributed by atoms with van der Waals surface area (Å²) in [6, 6.07) is 0.840. The van der Waals surface area contributed by atoms with Crippen molar-refractivity contribution in [2.45, 2.75) is 96.7 Å². The van der Waals surface area contributed by atoms with E-state index in [2.05, 4.69) is 12.2 Å². The Morgan fingerprint density at radius 1 is 1.13 bits per heavy atom. The summed E-state index contributed by atoms with van der Waals surface area (Å²) in [5.74, 6) is 0.800. The summed E-state index contributed by atoms with van der Waals surface area (Å²) in [4.78, 5) is 14.3. The SMILES string of the molecule is C[C@@H](NCC1CCCN1C(=O)OC(C)(C)C)C1CCCCCC1. The van der Waals surface area contributed by atoms with Gasteiger partial charge in [0.15, 0.2) is 0 Å². The minimum Gasteiger partial charge on any atom is -0.444 e. The van der Waals surface area contributed by atoms with Gasteiger partial charge in [0.2, 0.25) is 0 Å². The Kier molecular flexibility index (Phi) is 6.75. The molecule has 1 unspecified atom stereocenters. The van der Waals surface area contributed by atoms with Crippen LogP contribution in [0.15, 0.2) is 0 Å². The second-order valence-electron chi connectivity index (χ2n) is 8.42. The Labute approximate surface area is 142 Å². The molecule has 1 amide bonds. The molecule has 1 N–H and O–H groups in total. The lowest BCUT2D eigenvalue weighted by molar-refractivity contribution is 0.0223. The van der Waals surface area contributed by atoms with Gasteiger partial charge in [-0.15, -0.1) is 0 Å². The van der Waals surface area contributed by atoms with E-state index in [4.69, 9.17) is 4.74 Å². The first-order chi connectivity index (χ1) is 10.9. The van der Waals surface area contributed by atoms with Crippen LogP contribution in [-0.2, 0) is 4.74 Å². The molecule has 0 spiro atoms. The van der Waals surface area contributed by atoms with Crippen LogP contribution >= 0.6 is 0 Å². The molecule has 0 aromatic heterocycles. The third-order valence-corrected chi connectivity index (χ3v) is 5.29. The number of hydrogen-bond acceptors (Lipinski definition) is 3. The number of nitrogens with one attached hydrogen (secondary N) is 1. The van der Waals surface area contributed by atoms with E-state index in [1.807, 2.05) is 25.7 Å². The van der Waals surface area contributed by atoms with Crippen LogP contribution in [0.25, 0.3) is 0 Å². The van der Waals surface area contributed by atoms with Gasteiger partial charge in [-0.1, -0.05) is 25.7 Å². The van der Waals surface area contributed by atoms with Gasteiger partial charge >= 0.3 is 6.09 Å². The first-order valence-corrected chi connectivity index (χ1v) is 9.60. The van der Waals surface area contributed by atoms with Crippen LogP contribution in [-0.4, -0.2) is 41.8 Å². The Balaban J connectivity index is 1.80. The summed E-state index contributed by atoms with van der Waals surface area (Å²) < 4.78 is 5.55. The van der Waals surface area contributed by atoms with Gasteiger partial charge in [0.1, 0.15) is 5.60 Å². The van der Waals surface area contributed by atoms with E-state index < -0.39 is 5.60 Å². The summed E-state index contributed by atoms with van der Waals surface area (Å²) >= 11 is 0. The van der Waals surface area contributed by atoms with Crippen LogP contribution in [0.4, 0.5) is 4.79 Å². The van der Waals surface area contributed by atoms with E-state index in [1.54, 1.807) is 0 Å². The van der Waals surface area contributed by atoms with E-state index in [-0.39, 0.29) is 12.1 Å². The largest absolute Gasteiger partial charge is 0.444 e. The Bertz CT molecular complexity index is 370. The number of nitrogens with zero attached hydrogens (tertiary/aromatic N) is 1. The Morgan fingerprint density at radius 3 is 2.39 bits per heavy atom. The van der Waals surface area contributed by atoms with Crippen molar-refractivity contribution in [3.63, 3.8) is 0 Å². The van der Waals surface area contributed by atoms with Crippen LogP contribution in [0.5, 0.6) is 0 Å². The maximum Gasteiger partial charge on any atom is 0.410 e. The summed E-state index contributed by atoms with van der Waals surface area (Å²) in [6.45, 7) is 9.85. The van der Waals surface area contributed by atoms with Gasteiger partial charge in [0.25, 0.3) is 0 Å². The van der Waals surface area contributed by atoms with E-state index in [0.29, 0.717) is 6.04 Å². The van der Waals surface area contributed by atoms with Gasteiger partial charge in [-0.05, 0) is 59.3 Å². The quantitative estimate of drug-likeness (QED) is 0.782. The van der Waals surface area contributed by atoms with Crippen molar-refractivity contribution >= 4 is 6.09 Å². The molecular weight excluding hydrogens is 288 g/mol. The lowest BCUT2D eigenvalue weighted by Gasteiger charge is -2.31. The maximum atomic E-state index is 12.3. The number of carbonyl (C=O) groups is 1. The molecule has 2 fully saturated rings. The van der Waals surface area contributed by atoms with Gasteiger partial charge in [0.05, 0.1) is 0 Å². The summed E-state index contributed by atoms with van der Waals surface area (Å²) in [6.07, 6.45) is 10.3. The first-order valence-electron chi connectivity index (χ1n) is 9.60. The molecule has 0 radical (unpaired) electrons. The second-order valence-corrected chi connectivity index (χ2v) is 8.42. The molecule has 2 aliphatic rings. The fraction of sp³-hybridized carbons (Fsp3) is 0.947. The number of rotatable bonds is 4. The molecule has 0 aromatic rings. The lowest BCUT2D eigenvalue weighted by atomic mass is 9.93. The number of amides is 1. The molecular formula is C19H36N2O2. The van der Waals surface area contributed by atoms with Gasteiger partial charge < -0.3 is 15.0 Å². The zero-order chi connectivity index (χ0) is 16.9. The van der Waals surface area contributed by atoms with Crippen LogP contribution in [0.3, 0.4) is 0 Å². The average Bonchev–Trinajstić information content (AvgIpc) is 2.76. The van der Waals surface area contributed by atoms with Gasteiger partial charge in [-0.2, -0.15) is 0 Å². The standard InChI is InChI=1S/C19H36N2O2/c1-15(16-10-7-5-6-8-11-16)20-14-17-12-9-13-21(17)18(22)23-19(2,3)4/h15-17,20H,5-14H2,1-4H3/t15-,17?/m1/s1. The van der Waals surface area contributed by atoms with Gasteiger partial charge in [-0.3, -0.25) is 0 Å². The molecule has 1 saturated carbocycles. The molecule has 1 saturated heterocycles. The lowest BCUT2D eigenvalue weighted by Crippen LogP contribution is -2.46. The van der Waals surface area contributed by atoms with Crippen molar-refractivity contribution in [3.05, 3.63) is 0 Å². The second kappa shape index (κ2) is 8.36. The van der Waals surface area contributed by atoms with Crippen molar-refractivity contribution in [2.24, 2.45) is 5.92 Å². The van der Waals surface area contributed by atoms with Crippen LogP contribution in [0, 0.1) is 5.92 Å². The molecule has 4 heteroatoms. The number of carbonyl (C=O) groups excluding carboxylic acids is 1. The first kappa shape index (κ1) is 18.6. The molecule has 1 aliphatic carbocycles. The summed E-state index contributed by atoms with van der Waals surface area (Å²) in [5, 5.41) is 3.72. The predicted octanol–water partition coefficient (Wildman–Crippen LogP) is 4.33. The third kappa shape index (κ3) is 5.98. The minimum atomic E-state index is -0.411. The van der Waals surface area contributed by atoms with Gasteiger partial charge in [-0.25, -0.2) is 4.79 Å². The fourth-order valence-corrected chi connectivity index (χ4v) is 3.91. The number of ether oxygens (including phenoxy) is 1. The molecule has 2 rings (SSSR count). The highest BCUT2D eigenvalue weighted by Gasteiger charge is 2.32. The monoisotopic (exact) mass is 324 g/mol. The molecule has 1 aliphatic heterocycles. The van der Waals surface area contributed by atoms with E-state index in [9.17, 15) is 4.79 Å². The van der Waals surface area contributed by atoms with Crippen molar-refractivity contribution in [3.8, 4) is 0 Å². The van der Waals surface area contributed by atoms with E-state index >= 15 is 0 Å². The van der Waals surface area contributed by atoms with Crippen LogP contribution < -0.4 is 5.32 Å². The number of likely N-dealkylation sites (tertiary alicyclic amines) is 1. The highest BCUT2D eigenvalue weighted by Crippen LogP contribution is 2.26. The smallest absolute Gasteiger partial charge is 0.410 e. The molecule has 134 valence electrons. The zero-order valence-electron chi connectivity index (χ0n) is 15.6. The van der Waals surface area contributed by atoms with Crippen LogP contribution in [0.1, 0.15) is 79.1 Å². The molecule has 2 atom stereocenters. The minimum absolute atomic E-state index is 0.149. The number of hydrogen-bond donors (Lipinski definition) is 1. The van der Waals surface area contributed by atoms with E-state index in [1.165, 1.54) is 38.5 Å². The molecule has 4 nitrogen and oxygen atoms in total. The highest BCUT2D eigenvalue weighted by atomic mass is 16.6. The molecule has 1 heterocycles. The Hall–Kier alpha value is -0.770. The van der Waals surface area contributed by atoms with Crippen molar-refractivity contribution in [1.29, 1.82) is 0 Å². The van der Waals surface area contributed by atoms with Crippen molar-refractivity contribution < 1.29 is 9.53 Å². The summed E-state index contributed by atoms with van der Waals surface area (Å²) in [5.41, 5.74) is -0.411. The molecule has 0 bridgehead atoms. The molecule has 0 aromatic carbocycles.